The van der Waals surface area contributed by atoms with Gasteiger partial charge in [-0.1, -0.05) is 39.5 Å². The minimum absolute atomic E-state index is 0.0416. The smallest absolute Gasteiger partial charge is 0.354 e. The molecule has 1 N–H and O–H groups in total. The number of carboxylic acids is 1. The van der Waals surface area contributed by atoms with Gasteiger partial charge in [-0.25, -0.2) is 9.78 Å². The van der Waals surface area contributed by atoms with Crippen molar-refractivity contribution in [3.8, 4) is 0 Å². The predicted octanol–water partition coefficient (Wildman–Crippen LogP) is 3.60. The van der Waals surface area contributed by atoms with Gasteiger partial charge >= 0.3 is 5.97 Å². The summed E-state index contributed by atoms with van der Waals surface area (Å²) in [6.07, 6.45) is 7.79. The lowest BCUT2D eigenvalue weighted by Gasteiger charge is -2.22. The molecular formula is C17H26N2O3. The second-order valence-electron chi connectivity index (χ2n) is 5.44. The monoisotopic (exact) mass is 306 g/mol. The largest absolute Gasteiger partial charge is 0.477 e. The third kappa shape index (κ3) is 5.84. The number of hydrogen-bond donors (Lipinski definition) is 1. The van der Waals surface area contributed by atoms with Gasteiger partial charge in [0, 0.05) is 19.3 Å². The van der Waals surface area contributed by atoms with Gasteiger partial charge in [0.25, 0.3) is 5.91 Å². The summed E-state index contributed by atoms with van der Waals surface area (Å²) in [5.41, 5.74) is 0.415. The molecule has 0 radical (unpaired) electrons. The summed E-state index contributed by atoms with van der Waals surface area (Å²) in [6.45, 7) is 5.77. The summed E-state index contributed by atoms with van der Waals surface area (Å²) in [5.74, 6) is -1.14. The van der Waals surface area contributed by atoms with Crippen molar-refractivity contribution in [2.24, 2.45) is 0 Å². The van der Waals surface area contributed by atoms with Crippen LogP contribution < -0.4 is 0 Å². The zero-order valence-corrected chi connectivity index (χ0v) is 13.5. The lowest BCUT2D eigenvalue weighted by atomic mass is 10.1. The van der Waals surface area contributed by atoms with Crippen molar-refractivity contribution in [2.45, 2.75) is 52.4 Å². The van der Waals surface area contributed by atoms with E-state index in [9.17, 15) is 9.59 Å². The Morgan fingerprint density at radius 1 is 1.05 bits per heavy atom. The molecule has 0 atom stereocenters. The van der Waals surface area contributed by atoms with Crippen LogP contribution in [0.15, 0.2) is 18.3 Å². The molecule has 22 heavy (non-hydrogen) atoms. The SMILES string of the molecule is CCCCCN(CCCCC)C(=O)c1ccc(C(=O)O)nc1. The Balaban J connectivity index is 2.73. The van der Waals surface area contributed by atoms with Crippen LogP contribution in [0.2, 0.25) is 0 Å². The Morgan fingerprint density at radius 2 is 1.64 bits per heavy atom. The number of aromatic nitrogens is 1. The van der Waals surface area contributed by atoms with Crippen LogP contribution in [-0.4, -0.2) is 40.0 Å². The molecule has 5 heteroatoms. The fourth-order valence-electron chi connectivity index (χ4n) is 2.25. The van der Waals surface area contributed by atoms with Gasteiger partial charge in [0.2, 0.25) is 0 Å². The van der Waals surface area contributed by atoms with E-state index >= 15 is 0 Å². The third-order valence-corrected chi connectivity index (χ3v) is 3.58. The molecule has 1 aromatic heterocycles. The Kier molecular flexibility index (Phi) is 8.18. The molecule has 1 heterocycles. The average molecular weight is 306 g/mol. The minimum atomic E-state index is -1.08. The second-order valence-corrected chi connectivity index (χ2v) is 5.44. The van der Waals surface area contributed by atoms with Gasteiger partial charge in [-0.05, 0) is 25.0 Å². The quantitative estimate of drug-likeness (QED) is 0.670. The van der Waals surface area contributed by atoms with Crippen LogP contribution in [0, 0.1) is 0 Å². The molecule has 1 rings (SSSR count). The first-order valence-electron chi connectivity index (χ1n) is 8.08. The lowest BCUT2D eigenvalue weighted by molar-refractivity contribution is 0.0687. The molecule has 5 nitrogen and oxygen atoms in total. The summed E-state index contributed by atoms with van der Waals surface area (Å²) >= 11 is 0. The standard InChI is InChI=1S/C17H26N2O3/c1-3-5-7-11-19(12-8-6-4-2)16(20)14-9-10-15(17(21)22)18-13-14/h9-10,13H,3-8,11-12H2,1-2H3,(H,21,22). The van der Waals surface area contributed by atoms with E-state index in [1.807, 2.05) is 4.90 Å². The van der Waals surface area contributed by atoms with E-state index < -0.39 is 5.97 Å². The number of amides is 1. The molecule has 0 fully saturated rings. The normalized spacial score (nSPS) is 10.5. The van der Waals surface area contributed by atoms with E-state index in [0.29, 0.717) is 5.56 Å². The summed E-state index contributed by atoms with van der Waals surface area (Å²) in [6, 6.07) is 2.93. The molecule has 0 spiro atoms. The molecule has 0 saturated heterocycles. The van der Waals surface area contributed by atoms with Crippen molar-refractivity contribution < 1.29 is 14.7 Å². The number of aromatic carboxylic acids is 1. The van der Waals surface area contributed by atoms with E-state index in [0.717, 1.165) is 51.6 Å². The molecule has 0 saturated carbocycles. The van der Waals surface area contributed by atoms with Crippen LogP contribution in [-0.2, 0) is 0 Å². The predicted molar refractivity (Wildman–Crippen MR) is 86.1 cm³/mol. The van der Waals surface area contributed by atoms with Gasteiger partial charge in [-0.2, -0.15) is 0 Å². The third-order valence-electron chi connectivity index (χ3n) is 3.58. The van der Waals surface area contributed by atoms with Gasteiger partial charge in [-0.3, -0.25) is 4.79 Å². The Morgan fingerprint density at radius 3 is 2.05 bits per heavy atom. The zero-order valence-electron chi connectivity index (χ0n) is 13.5. The first-order valence-corrected chi connectivity index (χ1v) is 8.08. The highest BCUT2D eigenvalue weighted by Crippen LogP contribution is 2.09. The van der Waals surface area contributed by atoms with Crippen LogP contribution in [0.1, 0.15) is 73.2 Å². The molecule has 1 amide bonds. The maximum absolute atomic E-state index is 12.6. The molecule has 0 aliphatic carbocycles. The van der Waals surface area contributed by atoms with Gasteiger partial charge < -0.3 is 10.0 Å². The van der Waals surface area contributed by atoms with Crippen molar-refractivity contribution >= 4 is 11.9 Å². The highest BCUT2D eigenvalue weighted by molar-refractivity contribution is 5.94. The van der Waals surface area contributed by atoms with Gasteiger partial charge in [0.05, 0.1) is 5.56 Å². The number of nitrogens with zero attached hydrogens (tertiary/aromatic N) is 2. The Labute approximate surface area is 132 Å². The second kappa shape index (κ2) is 9.92. The number of unbranched alkanes of at least 4 members (excludes halogenated alkanes) is 4. The van der Waals surface area contributed by atoms with Crippen LogP contribution in [0.3, 0.4) is 0 Å². The summed E-state index contributed by atoms with van der Waals surface area (Å²) in [4.78, 5) is 29.1. The van der Waals surface area contributed by atoms with Gasteiger partial charge in [0.1, 0.15) is 5.69 Å². The maximum Gasteiger partial charge on any atom is 0.354 e. The summed E-state index contributed by atoms with van der Waals surface area (Å²) in [5, 5.41) is 8.85. The summed E-state index contributed by atoms with van der Waals surface area (Å²) < 4.78 is 0. The topological polar surface area (TPSA) is 70.5 Å². The van der Waals surface area contributed by atoms with Crippen LogP contribution >= 0.6 is 0 Å². The molecule has 0 unspecified atom stereocenters. The Hall–Kier alpha value is -1.91. The molecular weight excluding hydrogens is 280 g/mol. The number of carboxylic acid groups (broad SMARTS) is 1. The zero-order chi connectivity index (χ0) is 16.4. The van der Waals surface area contributed by atoms with Crippen molar-refractivity contribution in [3.63, 3.8) is 0 Å². The molecule has 1 aromatic rings. The molecule has 0 aliphatic rings. The van der Waals surface area contributed by atoms with Gasteiger partial charge in [-0.15, -0.1) is 0 Å². The fraction of sp³-hybridized carbons (Fsp3) is 0.588. The van der Waals surface area contributed by atoms with Gasteiger partial charge in [0.15, 0.2) is 0 Å². The number of rotatable bonds is 10. The summed E-state index contributed by atoms with van der Waals surface area (Å²) in [7, 11) is 0. The van der Waals surface area contributed by atoms with Crippen molar-refractivity contribution in [1.82, 2.24) is 9.88 Å². The average Bonchev–Trinajstić information content (AvgIpc) is 2.53. The molecule has 0 aliphatic heterocycles. The van der Waals surface area contributed by atoms with Crippen LogP contribution in [0.4, 0.5) is 0 Å². The number of carbonyl (C=O) groups is 2. The van der Waals surface area contributed by atoms with E-state index in [1.165, 1.54) is 12.3 Å². The molecule has 122 valence electrons. The first kappa shape index (κ1) is 18.1. The number of carbonyl (C=O) groups excluding carboxylic acids is 1. The first-order chi connectivity index (χ1) is 10.6. The number of pyridine rings is 1. The van der Waals surface area contributed by atoms with E-state index in [2.05, 4.69) is 18.8 Å². The molecule has 0 aromatic carbocycles. The Bertz CT molecular complexity index is 461. The van der Waals surface area contributed by atoms with Crippen molar-refractivity contribution in [3.05, 3.63) is 29.6 Å². The minimum Gasteiger partial charge on any atom is -0.477 e. The number of hydrogen-bond acceptors (Lipinski definition) is 3. The molecule has 0 bridgehead atoms. The van der Waals surface area contributed by atoms with Crippen LogP contribution in [0.25, 0.3) is 0 Å². The van der Waals surface area contributed by atoms with Crippen molar-refractivity contribution in [2.75, 3.05) is 13.1 Å². The van der Waals surface area contributed by atoms with Crippen LogP contribution in [0.5, 0.6) is 0 Å². The highest BCUT2D eigenvalue weighted by Gasteiger charge is 2.16. The van der Waals surface area contributed by atoms with E-state index in [1.54, 1.807) is 6.07 Å². The highest BCUT2D eigenvalue weighted by atomic mass is 16.4. The van der Waals surface area contributed by atoms with E-state index in [4.69, 9.17) is 5.11 Å². The lowest BCUT2D eigenvalue weighted by Crippen LogP contribution is -2.33. The van der Waals surface area contributed by atoms with E-state index in [-0.39, 0.29) is 11.6 Å². The fourth-order valence-corrected chi connectivity index (χ4v) is 2.25. The maximum atomic E-state index is 12.6. The van der Waals surface area contributed by atoms with Crippen molar-refractivity contribution in [1.29, 1.82) is 0 Å².